The van der Waals surface area contributed by atoms with Crippen molar-refractivity contribution >= 4 is 33.4 Å². The molecule has 5 heteroatoms. The number of pyridine rings is 1. The summed E-state index contributed by atoms with van der Waals surface area (Å²) < 4.78 is 6.82. The first-order valence-corrected chi connectivity index (χ1v) is 6.10. The highest BCUT2D eigenvalue weighted by Gasteiger charge is 2.17. The Morgan fingerprint density at radius 3 is 2.89 bits per heavy atom. The van der Waals surface area contributed by atoms with E-state index in [2.05, 4.69) is 5.16 Å². The minimum absolute atomic E-state index is 0.0824. The van der Waals surface area contributed by atoms with Crippen molar-refractivity contribution in [2.45, 2.75) is 20.4 Å². The second-order valence-corrected chi connectivity index (χ2v) is 4.55. The number of hydrogen-bond acceptors (Lipinski definition) is 3. The maximum atomic E-state index is 12.4. The highest BCUT2D eigenvalue weighted by Crippen LogP contribution is 2.29. The molecule has 3 rings (SSSR count). The fraction of sp³-hybridized carbons (Fsp3) is 0.231. The molecule has 2 heterocycles. The van der Waals surface area contributed by atoms with Crippen LogP contribution < -0.4 is 5.56 Å². The number of benzene rings is 1. The minimum atomic E-state index is -0.0824. The average Bonchev–Trinajstić information content (AvgIpc) is 2.72. The Bertz CT molecular complexity index is 817. The van der Waals surface area contributed by atoms with E-state index in [-0.39, 0.29) is 5.56 Å². The van der Waals surface area contributed by atoms with Gasteiger partial charge in [0.15, 0.2) is 0 Å². The topological polar surface area (TPSA) is 48.0 Å². The Hall–Kier alpha value is -1.81. The predicted molar refractivity (Wildman–Crippen MR) is 71.2 cm³/mol. The van der Waals surface area contributed by atoms with Crippen molar-refractivity contribution in [3.63, 3.8) is 0 Å². The van der Waals surface area contributed by atoms with Crippen LogP contribution in [0.3, 0.4) is 0 Å². The number of hydrogen-bond donors (Lipinski definition) is 0. The summed E-state index contributed by atoms with van der Waals surface area (Å²) in [6.45, 7) is 4.24. The van der Waals surface area contributed by atoms with Crippen molar-refractivity contribution in [3.05, 3.63) is 39.3 Å². The van der Waals surface area contributed by atoms with E-state index >= 15 is 0 Å². The normalized spacial score (nSPS) is 11.5. The first kappa shape index (κ1) is 11.3. The van der Waals surface area contributed by atoms with Crippen LogP contribution in [0.2, 0.25) is 5.02 Å². The van der Waals surface area contributed by atoms with Crippen molar-refractivity contribution in [1.29, 1.82) is 0 Å². The minimum Gasteiger partial charge on any atom is -0.360 e. The van der Waals surface area contributed by atoms with Crippen LogP contribution in [0, 0.1) is 6.92 Å². The van der Waals surface area contributed by atoms with Crippen molar-refractivity contribution < 1.29 is 4.52 Å². The zero-order valence-electron chi connectivity index (χ0n) is 10.0. The standard InChI is InChI=1S/C13H11ClN2O2/c1-3-16-9-6-4-5-8(14)11(9)12-10(13(16)17)7(2)18-15-12/h4-6H,3H2,1-2H3. The summed E-state index contributed by atoms with van der Waals surface area (Å²) in [7, 11) is 0. The SMILES string of the molecule is CCn1c(=O)c2c(C)onc2c2c(Cl)cccc21. The van der Waals surface area contributed by atoms with Crippen molar-refractivity contribution in [2.24, 2.45) is 0 Å². The third-order valence-corrected chi connectivity index (χ3v) is 3.47. The van der Waals surface area contributed by atoms with Crippen molar-refractivity contribution in [2.75, 3.05) is 0 Å². The van der Waals surface area contributed by atoms with E-state index < -0.39 is 0 Å². The molecule has 0 amide bonds. The van der Waals surface area contributed by atoms with Gasteiger partial charge in [-0.15, -0.1) is 0 Å². The van der Waals surface area contributed by atoms with E-state index in [0.29, 0.717) is 28.2 Å². The lowest BCUT2D eigenvalue weighted by Crippen LogP contribution is -2.20. The van der Waals surface area contributed by atoms with Crippen LogP contribution in [0.25, 0.3) is 21.8 Å². The molecule has 0 fully saturated rings. The molecule has 3 aromatic rings. The van der Waals surface area contributed by atoms with Crippen LogP contribution in [0.15, 0.2) is 27.5 Å². The van der Waals surface area contributed by atoms with Gasteiger partial charge in [-0.05, 0) is 26.0 Å². The maximum absolute atomic E-state index is 12.4. The smallest absolute Gasteiger partial charge is 0.264 e. The zero-order chi connectivity index (χ0) is 12.9. The largest absolute Gasteiger partial charge is 0.360 e. The summed E-state index contributed by atoms with van der Waals surface area (Å²) in [6.07, 6.45) is 0. The van der Waals surface area contributed by atoms with Gasteiger partial charge in [-0.3, -0.25) is 4.79 Å². The molecule has 1 aromatic carbocycles. The van der Waals surface area contributed by atoms with E-state index in [1.54, 1.807) is 17.6 Å². The number of nitrogens with zero attached hydrogens (tertiary/aromatic N) is 2. The Labute approximate surface area is 108 Å². The molecule has 0 N–H and O–H groups in total. The van der Waals surface area contributed by atoms with Crippen LogP contribution in [0.5, 0.6) is 0 Å². The van der Waals surface area contributed by atoms with E-state index in [1.807, 2.05) is 19.1 Å². The highest BCUT2D eigenvalue weighted by molar-refractivity contribution is 6.37. The van der Waals surface area contributed by atoms with Gasteiger partial charge in [0.1, 0.15) is 16.7 Å². The highest BCUT2D eigenvalue weighted by atomic mass is 35.5. The quantitative estimate of drug-likeness (QED) is 0.677. The zero-order valence-corrected chi connectivity index (χ0v) is 10.8. The number of aromatic nitrogens is 2. The molecule has 0 spiro atoms. The van der Waals surface area contributed by atoms with Crippen molar-refractivity contribution in [3.8, 4) is 0 Å². The van der Waals surface area contributed by atoms with Gasteiger partial charge in [-0.2, -0.15) is 0 Å². The summed E-state index contributed by atoms with van der Waals surface area (Å²) in [6, 6.07) is 5.49. The Morgan fingerprint density at radius 1 is 1.39 bits per heavy atom. The molecule has 0 radical (unpaired) electrons. The molecule has 18 heavy (non-hydrogen) atoms. The van der Waals surface area contributed by atoms with Crippen LogP contribution in [-0.4, -0.2) is 9.72 Å². The Kier molecular flexibility index (Phi) is 2.41. The van der Waals surface area contributed by atoms with E-state index in [4.69, 9.17) is 16.1 Å². The summed E-state index contributed by atoms with van der Waals surface area (Å²) in [5, 5.41) is 5.83. The van der Waals surface area contributed by atoms with Gasteiger partial charge in [0.05, 0.1) is 10.5 Å². The van der Waals surface area contributed by atoms with Gasteiger partial charge in [-0.1, -0.05) is 22.8 Å². The molecule has 0 saturated carbocycles. The molecule has 2 aromatic heterocycles. The number of halogens is 1. The fourth-order valence-corrected chi connectivity index (χ4v) is 2.58. The molecule has 0 atom stereocenters. The Morgan fingerprint density at radius 2 is 2.17 bits per heavy atom. The number of aryl methyl sites for hydroxylation is 2. The molecular weight excluding hydrogens is 252 g/mol. The van der Waals surface area contributed by atoms with Crippen LogP contribution >= 0.6 is 11.6 Å². The van der Waals surface area contributed by atoms with Gasteiger partial charge in [0.2, 0.25) is 0 Å². The van der Waals surface area contributed by atoms with Gasteiger partial charge >= 0.3 is 0 Å². The molecule has 4 nitrogen and oxygen atoms in total. The third-order valence-electron chi connectivity index (χ3n) is 3.16. The summed E-state index contributed by atoms with van der Waals surface area (Å²) in [5.74, 6) is 0.527. The first-order chi connectivity index (χ1) is 8.65. The summed E-state index contributed by atoms with van der Waals surface area (Å²) in [4.78, 5) is 12.4. The van der Waals surface area contributed by atoms with E-state index in [0.717, 1.165) is 10.9 Å². The predicted octanol–water partition coefficient (Wildman–Crippen LogP) is 3.12. The molecule has 0 unspecified atom stereocenters. The second kappa shape index (κ2) is 3.85. The molecule has 0 aliphatic heterocycles. The monoisotopic (exact) mass is 262 g/mol. The lowest BCUT2D eigenvalue weighted by molar-refractivity contribution is 0.406. The molecule has 0 saturated heterocycles. The van der Waals surface area contributed by atoms with Crippen molar-refractivity contribution in [1.82, 2.24) is 9.72 Å². The molecule has 0 aliphatic rings. The molecule has 0 bridgehead atoms. The molecular formula is C13H11ClN2O2. The van der Waals surface area contributed by atoms with Gasteiger partial charge in [0, 0.05) is 11.9 Å². The van der Waals surface area contributed by atoms with Crippen LogP contribution in [0.1, 0.15) is 12.7 Å². The summed E-state index contributed by atoms with van der Waals surface area (Å²) in [5.41, 5.74) is 1.25. The average molecular weight is 263 g/mol. The molecule has 92 valence electrons. The lowest BCUT2D eigenvalue weighted by Gasteiger charge is -2.09. The Balaban J connectivity index is 2.74. The maximum Gasteiger partial charge on any atom is 0.264 e. The lowest BCUT2D eigenvalue weighted by atomic mass is 10.1. The molecule has 0 aliphatic carbocycles. The number of fused-ring (bicyclic) bond motifs is 3. The van der Waals surface area contributed by atoms with Gasteiger partial charge in [-0.25, -0.2) is 0 Å². The van der Waals surface area contributed by atoms with Crippen LogP contribution in [-0.2, 0) is 6.54 Å². The first-order valence-electron chi connectivity index (χ1n) is 5.72. The number of rotatable bonds is 1. The van der Waals surface area contributed by atoms with E-state index in [9.17, 15) is 4.79 Å². The summed E-state index contributed by atoms with van der Waals surface area (Å²) >= 11 is 6.23. The van der Waals surface area contributed by atoms with Gasteiger partial charge in [0.25, 0.3) is 5.56 Å². The second-order valence-electron chi connectivity index (χ2n) is 4.15. The van der Waals surface area contributed by atoms with Crippen LogP contribution in [0.4, 0.5) is 0 Å². The van der Waals surface area contributed by atoms with Gasteiger partial charge < -0.3 is 9.09 Å². The third kappa shape index (κ3) is 1.32. The van der Waals surface area contributed by atoms with E-state index in [1.165, 1.54) is 0 Å². The fourth-order valence-electron chi connectivity index (χ4n) is 2.33.